The monoisotopic (exact) mass is 374 g/mol. The van der Waals surface area contributed by atoms with E-state index in [-0.39, 0.29) is 21.3 Å². The maximum absolute atomic E-state index is 14.5. The molecule has 1 heterocycles. The van der Waals surface area contributed by atoms with Crippen molar-refractivity contribution in [1.82, 2.24) is 0 Å². The number of carbonyl (C=O) groups is 1. The lowest BCUT2D eigenvalue weighted by Gasteiger charge is -2.33. The fraction of sp³-hybridized carbons (Fsp3) is 0.429. The summed E-state index contributed by atoms with van der Waals surface area (Å²) >= 11 is 8.08. The zero-order valence-corrected chi connectivity index (χ0v) is 14.0. The van der Waals surface area contributed by atoms with Crippen LogP contribution in [0.15, 0.2) is 16.6 Å². The van der Waals surface area contributed by atoms with Gasteiger partial charge in [-0.3, -0.25) is 4.79 Å². The minimum atomic E-state index is -0.411. The van der Waals surface area contributed by atoms with Gasteiger partial charge >= 0.3 is 5.97 Å². The van der Waals surface area contributed by atoms with Crippen LogP contribution in [0.3, 0.4) is 0 Å². The van der Waals surface area contributed by atoms with Crippen LogP contribution in [-0.4, -0.2) is 31.2 Å². The van der Waals surface area contributed by atoms with Crippen LogP contribution in [0.2, 0.25) is 0 Å². The summed E-state index contributed by atoms with van der Waals surface area (Å²) in [5, 5.41) is 0. The van der Waals surface area contributed by atoms with Gasteiger partial charge in [0.2, 0.25) is 0 Å². The molecule has 0 aliphatic carbocycles. The molecule has 21 heavy (non-hydrogen) atoms. The summed E-state index contributed by atoms with van der Waals surface area (Å²) in [4.78, 5) is 13.6. The van der Waals surface area contributed by atoms with Crippen molar-refractivity contribution >= 4 is 44.8 Å². The van der Waals surface area contributed by atoms with Crippen LogP contribution in [0.25, 0.3) is 0 Å². The van der Waals surface area contributed by atoms with E-state index in [1.54, 1.807) is 12.1 Å². The van der Waals surface area contributed by atoms with Crippen molar-refractivity contribution in [2.45, 2.75) is 12.8 Å². The van der Waals surface area contributed by atoms with Crippen molar-refractivity contribution in [3.63, 3.8) is 0 Å². The Kier molecular flexibility index (Phi) is 5.16. The molecule has 0 spiro atoms. The lowest BCUT2D eigenvalue weighted by atomic mass is 9.97. The van der Waals surface area contributed by atoms with Gasteiger partial charge in [0.15, 0.2) is 5.82 Å². The molecule has 0 aromatic heterocycles. The third-order valence-electron chi connectivity index (χ3n) is 3.62. The quantitative estimate of drug-likeness (QED) is 0.650. The van der Waals surface area contributed by atoms with Gasteiger partial charge < -0.3 is 15.4 Å². The first kappa shape index (κ1) is 16.2. The lowest BCUT2D eigenvalue weighted by molar-refractivity contribution is -0.145. The van der Waals surface area contributed by atoms with Crippen molar-refractivity contribution < 1.29 is 13.9 Å². The summed E-state index contributed by atoms with van der Waals surface area (Å²) in [6.07, 6.45) is 1.57. The number of methoxy groups -OCH3 is 1. The molecule has 0 saturated carbocycles. The first-order valence-electron chi connectivity index (χ1n) is 6.56. The third-order valence-corrected chi connectivity index (χ3v) is 4.62. The van der Waals surface area contributed by atoms with Crippen molar-refractivity contribution in [2.75, 3.05) is 25.1 Å². The molecule has 1 aromatic carbocycles. The Balaban J connectivity index is 2.28. The van der Waals surface area contributed by atoms with E-state index in [1.807, 2.05) is 4.90 Å². The molecule has 1 atom stereocenters. The molecule has 0 amide bonds. The molecule has 4 nitrogen and oxygen atoms in total. The lowest BCUT2D eigenvalue weighted by Crippen LogP contribution is -2.39. The Morgan fingerprint density at radius 1 is 1.57 bits per heavy atom. The Labute approximate surface area is 136 Å². The highest BCUT2D eigenvalue weighted by molar-refractivity contribution is 9.10. The summed E-state index contributed by atoms with van der Waals surface area (Å²) in [5.41, 5.74) is 6.46. The van der Waals surface area contributed by atoms with Gasteiger partial charge in [0.05, 0.1) is 23.2 Å². The Hall–Kier alpha value is -1.21. The number of rotatable bonds is 3. The molecular formula is C14H16BrFN2O2S. The minimum Gasteiger partial charge on any atom is -0.469 e. The van der Waals surface area contributed by atoms with Gasteiger partial charge in [-0.15, -0.1) is 0 Å². The highest BCUT2D eigenvalue weighted by Gasteiger charge is 2.28. The zero-order chi connectivity index (χ0) is 15.6. The normalized spacial score (nSPS) is 18.4. The van der Waals surface area contributed by atoms with E-state index in [4.69, 9.17) is 22.7 Å². The van der Waals surface area contributed by atoms with E-state index in [9.17, 15) is 9.18 Å². The molecule has 1 fully saturated rings. The Morgan fingerprint density at radius 3 is 2.90 bits per heavy atom. The van der Waals surface area contributed by atoms with Gasteiger partial charge in [0.25, 0.3) is 0 Å². The van der Waals surface area contributed by atoms with Crippen molar-refractivity contribution in [3.8, 4) is 0 Å². The average molecular weight is 375 g/mol. The topological polar surface area (TPSA) is 55.6 Å². The maximum atomic E-state index is 14.5. The van der Waals surface area contributed by atoms with E-state index in [0.29, 0.717) is 24.3 Å². The summed E-state index contributed by atoms with van der Waals surface area (Å²) in [6.45, 7) is 1.14. The second kappa shape index (κ2) is 6.70. The van der Waals surface area contributed by atoms with Crippen molar-refractivity contribution in [1.29, 1.82) is 0 Å². The number of halogens is 2. The average Bonchev–Trinajstić information content (AvgIpc) is 2.48. The molecule has 114 valence electrons. The molecule has 1 aromatic rings. The predicted molar refractivity (Wildman–Crippen MR) is 86.9 cm³/mol. The van der Waals surface area contributed by atoms with Crippen LogP contribution in [0.5, 0.6) is 0 Å². The number of esters is 1. The number of carbonyl (C=O) groups excluding carboxylic acids is 1. The largest absolute Gasteiger partial charge is 0.469 e. The molecule has 1 aliphatic rings. The summed E-state index contributed by atoms with van der Waals surface area (Å²) in [5.74, 6) is -0.887. The van der Waals surface area contributed by atoms with E-state index in [2.05, 4.69) is 15.9 Å². The number of nitrogens with zero attached hydrogens (tertiary/aromatic N) is 1. The van der Waals surface area contributed by atoms with Gasteiger partial charge in [0, 0.05) is 18.7 Å². The number of piperidine rings is 1. The number of benzene rings is 1. The summed E-state index contributed by atoms with van der Waals surface area (Å²) in [7, 11) is 1.37. The van der Waals surface area contributed by atoms with E-state index in [1.165, 1.54) is 7.11 Å². The van der Waals surface area contributed by atoms with Crippen LogP contribution in [0, 0.1) is 11.7 Å². The van der Waals surface area contributed by atoms with Gasteiger partial charge in [-0.05, 0) is 40.9 Å². The highest BCUT2D eigenvalue weighted by atomic mass is 79.9. The number of thiocarbonyl (C=S) groups is 1. The maximum Gasteiger partial charge on any atom is 0.310 e. The molecule has 1 aliphatic heterocycles. The molecular weight excluding hydrogens is 359 g/mol. The van der Waals surface area contributed by atoms with Crippen LogP contribution in [-0.2, 0) is 9.53 Å². The van der Waals surface area contributed by atoms with Crippen LogP contribution in [0.1, 0.15) is 18.4 Å². The molecule has 1 unspecified atom stereocenters. The Morgan fingerprint density at radius 2 is 2.29 bits per heavy atom. The third kappa shape index (κ3) is 3.35. The van der Waals surface area contributed by atoms with E-state index >= 15 is 0 Å². The van der Waals surface area contributed by atoms with Gasteiger partial charge in [0.1, 0.15) is 4.99 Å². The van der Waals surface area contributed by atoms with Crippen LogP contribution < -0.4 is 10.6 Å². The first-order chi connectivity index (χ1) is 9.95. The minimum absolute atomic E-state index is 0.137. The summed E-state index contributed by atoms with van der Waals surface area (Å²) in [6, 6.07) is 3.33. The van der Waals surface area contributed by atoms with Gasteiger partial charge in [-0.1, -0.05) is 12.2 Å². The fourth-order valence-electron chi connectivity index (χ4n) is 2.53. The molecule has 2 rings (SSSR count). The smallest absolute Gasteiger partial charge is 0.310 e. The van der Waals surface area contributed by atoms with Crippen LogP contribution >= 0.6 is 28.1 Å². The molecule has 0 radical (unpaired) electrons. The predicted octanol–water partition coefficient (Wildman–Crippen LogP) is 2.61. The Bertz CT molecular complexity index is 582. The van der Waals surface area contributed by atoms with Crippen LogP contribution in [0.4, 0.5) is 10.1 Å². The second-order valence-corrected chi connectivity index (χ2v) is 6.17. The number of hydrogen-bond donors (Lipinski definition) is 1. The molecule has 7 heteroatoms. The van der Waals surface area contributed by atoms with Crippen molar-refractivity contribution in [3.05, 3.63) is 28.0 Å². The van der Waals surface area contributed by atoms with Gasteiger partial charge in [-0.2, -0.15) is 0 Å². The van der Waals surface area contributed by atoms with E-state index in [0.717, 1.165) is 12.8 Å². The highest BCUT2D eigenvalue weighted by Crippen LogP contribution is 2.32. The molecule has 1 saturated heterocycles. The number of nitrogens with two attached hydrogens (primary N) is 1. The van der Waals surface area contributed by atoms with Crippen molar-refractivity contribution in [2.24, 2.45) is 11.7 Å². The zero-order valence-electron chi connectivity index (χ0n) is 11.6. The number of hydrogen-bond acceptors (Lipinski definition) is 4. The summed E-state index contributed by atoms with van der Waals surface area (Å²) < 4.78 is 19.5. The molecule has 2 N–H and O–H groups in total. The van der Waals surface area contributed by atoms with Gasteiger partial charge in [-0.25, -0.2) is 4.39 Å². The second-order valence-electron chi connectivity index (χ2n) is 4.93. The molecule has 0 bridgehead atoms. The number of anilines is 1. The fourth-order valence-corrected chi connectivity index (χ4v) is 3.38. The first-order valence-corrected chi connectivity index (χ1v) is 7.76. The van der Waals surface area contributed by atoms with E-state index < -0.39 is 5.82 Å². The standard InChI is InChI=1S/C14H16BrFN2O2S/c1-20-14(19)8-3-2-6-18(7-8)10-5-4-9(13(17)21)11(15)12(10)16/h4-5,8H,2-3,6-7H2,1H3,(H2,17,21). The number of ether oxygens (including phenoxy) is 1. The SMILES string of the molecule is COC(=O)C1CCCN(c2ccc(C(N)=S)c(Br)c2F)C1.